The Kier molecular flexibility index (Phi) is 6.45. The third-order valence-electron chi connectivity index (χ3n) is 8.56. The van der Waals surface area contributed by atoms with Crippen LogP contribution in [-0.4, -0.2) is 53.8 Å². The Labute approximate surface area is 249 Å². The van der Waals surface area contributed by atoms with E-state index in [1.54, 1.807) is 0 Å². The standard InChI is InChI=1S/C36H33N7/c1-41(24-12-22-34-38-28-16-5-3-14-26(28)36-40-30-18-7-9-20-32(30)43(34)36)23-11-10-21-33-37-27-15-4-2-13-25(27)35-39-29-17-6-8-19-31(29)42(33)35/h2-9,13-20H,10-12,21-24H2,1H3. The molecule has 0 saturated heterocycles. The second kappa shape index (κ2) is 10.7. The molecule has 8 rings (SSSR count). The lowest BCUT2D eigenvalue weighted by molar-refractivity contribution is 0.320. The summed E-state index contributed by atoms with van der Waals surface area (Å²) in [6.07, 6.45) is 5.05. The van der Waals surface area contributed by atoms with E-state index in [1.807, 2.05) is 0 Å². The first-order valence-corrected chi connectivity index (χ1v) is 15.2. The molecule has 0 bridgehead atoms. The van der Waals surface area contributed by atoms with Crippen molar-refractivity contribution in [1.29, 1.82) is 0 Å². The molecule has 0 saturated carbocycles. The largest absolute Gasteiger partial charge is 0.306 e. The van der Waals surface area contributed by atoms with E-state index in [2.05, 4.69) is 118 Å². The number of rotatable bonds is 9. The number of benzene rings is 4. The molecule has 0 fully saturated rings. The molecule has 4 aromatic heterocycles. The molecule has 0 aliphatic heterocycles. The van der Waals surface area contributed by atoms with E-state index in [4.69, 9.17) is 19.9 Å². The molecule has 4 heterocycles. The van der Waals surface area contributed by atoms with Crippen LogP contribution in [0.5, 0.6) is 0 Å². The molecule has 0 atom stereocenters. The van der Waals surface area contributed by atoms with Gasteiger partial charge in [0.25, 0.3) is 0 Å². The van der Waals surface area contributed by atoms with Crippen LogP contribution < -0.4 is 0 Å². The molecule has 43 heavy (non-hydrogen) atoms. The summed E-state index contributed by atoms with van der Waals surface area (Å²) in [6.45, 7) is 2.07. The van der Waals surface area contributed by atoms with Crippen molar-refractivity contribution in [2.75, 3.05) is 20.1 Å². The molecule has 212 valence electrons. The summed E-state index contributed by atoms with van der Waals surface area (Å²) in [7, 11) is 2.23. The zero-order valence-corrected chi connectivity index (χ0v) is 24.3. The highest BCUT2D eigenvalue weighted by molar-refractivity contribution is 5.97. The van der Waals surface area contributed by atoms with E-state index in [0.29, 0.717) is 0 Å². The monoisotopic (exact) mass is 563 g/mol. The Hall–Kier alpha value is -4.88. The van der Waals surface area contributed by atoms with E-state index in [0.717, 1.165) is 112 Å². The van der Waals surface area contributed by atoms with Gasteiger partial charge in [0.05, 0.1) is 33.1 Å². The number of fused-ring (bicyclic) bond motifs is 10. The van der Waals surface area contributed by atoms with Crippen LogP contribution in [-0.2, 0) is 12.8 Å². The zero-order chi connectivity index (χ0) is 28.8. The summed E-state index contributed by atoms with van der Waals surface area (Å²) in [5.74, 6) is 2.17. The molecule has 0 aliphatic rings. The zero-order valence-electron chi connectivity index (χ0n) is 24.3. The molecular formula is C36H33N7. The number of aryl methyl sites for hydroxylation is 2. The number of nitrogens with zero attached hydrogens (tertiary/aromatic N) is 7. The van der Waals surface area contributed by atoms with E-state index >= 15 is 0 Å². The topological polar surface area (TPSA) is 63.6 Å². The maximum absolute atomic E-state index is 5.09. The quantitative estimate of drug-likeness (QED) is 0.173. The maximum atomic E-state index is 5.09. The highest BCUT2D eigenvalue weighted by atomic mass is 15.1. The first-order chi connectivity index (χ1) is 21.2. The molecule has 7 nitrogen and oxygen atoms in total. The predicted molar refractivity (Wildman–Crippen MR) is 175 cm³/mol. The summed E-state index contributed by atoms with van der Waals surface area (Å²) in [4.78, 5) is 22.6. The Morgan fingerprint density at radius 1 is 0.488 bits per heavy atom. The minimum absolute atomic E-state index is 0.902. The second-order valence-electron chi connectivity index (χ2n) is 11.5. The van der Waals surface area contributed by atoms with Gasteiger partial charge in [-0.15, -0.1) is 0 Å². The molecule has 0 radical (unpaired) electrons. The van der Waals surface area contributed by atoms with E-state index in [9.17, 15) is 0 Å². The summed E-state index contributed by atoms with van der Waals surface area (Å²) in [5.41, 5.74) is 8.31. The van der Waals surface area contributed by atoms with Gasteiger partial charge in [0, 0.05) is 23.6 Å². The van der Waals surface area contributed by atoms with Crippen LogP contribution in [0, 0.1) is 0 Å². The number of aromatic nitrogens is 6. The van der Waals surface area contributed by atoms with Crippen LogP contribution in [0.15, 0.2) is 97.1 Å². The minimum atomic E-state index is 0.902. The van der Waals surface area contributed by atoms with Crippen molar-refractivity contribution >= 4 is 55.2 Å². The first kappa shape index (κ1) is 25.8. The Balaban J connectivity index is 0.948. The van der Waals surface area contributed by atoms with Gasteiger partial charge in [-0.3, -0.25) is 8.80 Å². The van der Waals surface area contributed by atoms with Gasteiger partial charge in [-0.25, -0.2) is 19.9 Å². The molecule has 0 amide bonds. The van der Waals surface area contributed by atoms with Crippen molar-refractivity contribution in [3.63, 3.8) is 0 Å². The van der Waals surface area contributed by atoms with Crippen molar-refractivity contribution in [1.82, 2.24) is 33.6 Å². The number of imidazole rings is 2. The van der Waals surface area contributed by atoms with Gasteiger partial charge in [0.1, 0.15) is 22.9 Å². The van der Waals surface area contributed by atoms with E-state index in [1.165, 1.54) is 0 Å². The highest BCUT2D eigenvalue weighted by Crippen LogP contribution is 2.27. The molecule has 8 aromatic rings. The minimum Gasteiger partial charge on any atom is -0.306 e. The average Bonchev–Trinajstić information content (AvgIpc) is 3.63. The van der Waals surface area contributed by atoms with Crippen molar-refractivity contribution < 1.29 is 0 Å². The van der Waals surface area contributed by atoms with Gasteiger partial charge >= 0.3 is 0 Å². The van der Waals surface area contributed by atoms with Gasteiger partial charge in [-0.05, 0) is 87.9 Å². The number of unbranched alkanes of at least 4 members (excludes halogenated alkanes) is 1. The fourth-order valence-corrected chi connectivity index (χ4v) is 6.45. The average molecular weight is 564 g/mol. The predicted octanol–water partition coefficient (Wildman–Crippen LogP) is 7.27. The van der Waals surface area contributed by atoms with Crippen LogP contribution in [0.4, 0.5) is 0 Å². The number of hydrogen-bond acceptors (Lipinski definition) is 5. The lowest BCUT2D eigenvalue weighted by Crippen LogP contribution is -2.22. The Morgan fingerprint density at radius 2 is 0.930 bits per heavy atom. The summed E-state index contributed by atoms with van der Waals surface area (Å²) in [5, 5.41) is 2.20. The van der Waals surface area contributed by atoms with Crippen LogP contribution in [0.3, 0.4) is 0 Å². The summed E-state index contributed by atoms with van der Waals surface area (Å²) >= 11 is 0. The molecule has 0 aliphatic carbocycles. The molecule has 4 aromatic carbocycles. The summed E-state index contributed by atoms with van der Waals surface area (Å²) < 4.78 is 4.52. The van der Waals surface area contributed by atoms with E-state index in [-0.39, 0.29) is 0 Å². The molecule has 0 N–H and O–H groups in total. The van der Waals surface area contributed by atoms with Crippen LogP contribution in [0.1, 0.15) is 30.9 Å². The third-order valence-corrected chi connectivity index (χ3v) is 8.56. The van der Waals surface area contributed by atoms with Crippen LogP contribution in [0.25, 0.3) is 55.2 Å². The van der Waals surface area contributed by atoms with Gasteiger partial charge in [0.2, 0.25) is 0 Å². The van der Waals surface area contributed by atoms with E-state index < -0.39 is 0 Å². The molecule has 0 unspecified atom stereocenters. The molecule has 0 spiro atoms. The normalized spacial score (nSPS) is 12.2. The smallest absolute Gasteiger partial charge is 0.148 e. The van der Waals surface area contributed by atoms with Gasteiger partial charge in [-0.2, -0.15) is 0 Å². The Morgan fingerprint density at radius 3 is 1.49 bits per heavy atom. The van der Waals surface area contributed by atoms with Gasteiger partial charge in [0.15, 0.2) is 0 Å². The second-order valence-corrected chi connectivity index (χ2v) is 11.5. The molecule has 7 heteroatoms. The van der Waals surface area contributed by atoms with Crippen molar-refractivity contribution in [3.05, 3.63) is 109 Å². The summed E-state index contributed by atoms with van der Waals surface area (Å²) in [6, 6.07) is 33.4. The fourth-order valence-electron chi connectivity index (χ4n) is 6.45. The van der Waals surface area contributed by atoms with Crippen molar-refractivity contribution in [2.24, 2.45) is 0 Å². The van der Waals surface area contributed by atoms with Crippen LogP contribution in [0.2, 0.25) is 0 Å². The number of para-hydroxylation sites is 6. The first-order valence-electron chi connectivity index (χ1n) is 15.2. The fraction of sp³-hybridized carbons (Fsp3) is 0.222. The third kappa shape index (κ3) is 4.57. The molecular weight excluding hydrogens is 530 g/mol. The van der Waals surface area contributed by atoms with Gasteiger partial charge in [-0.1, -0.05) is 48.5 Å². The van der Waals surface area contributed by atoms with Crippen LogP contribution >= 0.6 is 0 Å². The lowest BCUT2D eigenvalue weighted by Gasteiger charge is -2.17. The Bertz CT molecular complexity index is 2260. The highest BCUT2D eigenvalue weighted by Gasteiger charge is 2.15. The van der Waals surface area contributed by atoms with Crippen molar-refractivity contribution in [2.45, 2.75) is 32.1 Å². The maximum Gasteiger partial charge on any atom is 0.148 e. The SMILES string of the molecule is CN(CCCCc1nc2ccccc2c2nc3ccccc3n12)CCCc1nc2ccccc2c2nc3ccccc3n12. The number of hydrogen-bond donors (Lipinski definition) is 0. The van der Waals surface area contributed by atoms with Gasteiger partial charge < -0.3 is 4.90 Å². The van der Waals surface area contributed by atoms with Crippen molar-refractivity contribution in [3.8, 4) is 0 Å². The lowest BCUT2D eigenvalue weighted by atomic mass is 10.2.